The van der Waals surface area contributed by atoms with Gasteiger partial charge in [0.1, 0.15) is 17.0 Å². The lowest BCUT2D eigenvalue weighted by Gasteiger charge is -2.13. The third-order valence-electron chi connectivity index (χ3n) is 4.20. The van der Waals surface area contributed by atoms with Gasteiger partial charge in [-0.15, -0.1) is 11.3 Å². The van der Waals surface area contributed by atoms with E-state index in [0.717, 1.165) is 48.0 Å². The van der Waals surface area contributed by atoms with Gasteiger partial charge in [-0.25, -0.2) is 15.0 Å². The van der Waals surface area contributed by atoms with E-state index in [-0.39, 0.29) is 5.91 Å². The lowest BCUT2D eigenvalue weighted by Crippen LogP contribution is -2.26. The fourth-order valence-corrected chi connectivity index (χ4v) is 3.67. The Morgan fingerprint density at radius 3 is 2.86 bits per heavy atom. The van der Waals surface area contributed by atoms with Gasteiger partial charge in [0.05, 0.1) is 5.69 Å². The highest BCUT2D eigenvalue weighted by Gasteiger charge is 2.24. The molecule has 0 spiro atoms. The Morgan fingerprint density at radius 2 is 2.23 bits per heavy atom. The van der Waals surface area contributed by atoms with Gasteiger partial charge in [-0.05, 0) is 38.7 Å². The average Bonchev–Trinajstić information content (AvgIpc) is 3.07. The van der Waals surface area contributed by atoms with Gasteiger partial charge in [0.15, 0.2) is 0 Å². The Labute approximate surface area is 134 Å². The number of hydrogen-bond donors (Lipinski definition) is 0. The van der Waals surface area contributed by atoms with Crippen molar-refractivity contribution in [2.45, 2.75) is 33.6 Å². The molecule has 0 radical (unpaired) electrons. The number of amides is 1. The molecule has 0 bridgehead atoms. The van der Waals surface area contributed by atoms with Crippen LogP contribution in [-0.2, 0) is 11.2 Å². The number of aryl methyl sites for hydroxylation is 2. The van der Waals surface area contributed by atoms with E-state index in [9.17, 15) is 4.79 Å². The zero-order chi connectivity index (χ0) is 15.7. The highest BCUT2D eigenvalue weighted by Crippen LogP contribution is 2.27. The summed E-state index contributed by atoms with van der Waals surface area (Å²) in [5.41, 5.74) is 2.99. The number of aromatic nitrogens is 3. The number of nitrogens with zero attached hydrogens (tertiary/aromatic N) is 4. The molecule has 1 fully saturated rings. The SMILES string of the molecule is CC(=O)N1CC[C@H](Cc2cc(-c3nc(C)c(C)s3)ncn2)C1. The third-order valence-corrected chi connectivity index (χ3v) is 5.30. The summed E-state index contributed by atoms with van der Waals surface area (Å²) in [6.45, 7) is 7.44. The van der Waals surface area contributed by atoms with E-state index in [0.29, 0.717) is 5.92 Å². The minimum absolute atomic E-state index is 0.166. The molecule has 0 aliphatic carbocycles. The van der Waals surface area contributed by atoms with Crippen LogP contribution in [0.2, 0.25) is 0 Å². The lowest BCUT2D eigenvalue weighted by atomic mass is 10.0. The molecule has 1 aliphatic heterocycles. The van der Waals surface area contributed by atoms with Crippen molar-refractivity contribution >= 4 is 17.2 Å². The molecule has 1 aliphatic rings. The normalized spacial score (nSPS) is 18.0. The van der Waals surface area contributed by atoms with E-state index in [4.69, 9.17) is 0 Å². The minimum atomic E-state index is 0.166. The zero-order valence-electron chi connectivity index (χ0n) is 13.2. The van der Waals surface area contributed by atoms with Crippen LogP contribution >= 0.6 is 11.3 Å². The summed E-state index contributed by atoms with van der Waals surface area (Å²) in [5.74, 6) is 0.658. The number of thiazole rings is 1. The van der Waals surface area contributed by atoms with Crippen LogP contribution < -0.4 is 0 Å². The summed E-state index contributed by atoms with van der Waals surface area (Å²) in [6.07, 6.45) is 3.56. The quantitative estimate of drug-likeness (QED) is 0.873. The van der Waals surface area contributed by atoms with Crippen molar-refractivity contribution < 1.29 is 4.79 Å². The summed E-state index contributed by atoms with van der Waals surface area (Å²) >= 11 is 1.67. The maximum absolute atomic E-state index is 11.4. The molecule has 116 valence electrons. The molecule has 22 heavy (non-hydrogen) atoms. The first-order chi connectivity index (χ1) is 10.5. The van der Waals surface area contributed by atoms with Gasteiger partial charge in [-0.1, -0.05) is 0 Å². The fourth-order valence-electron chi connectivity index (χ4n) is 2.79. The van der Waals surface area contributed by atoms with Crippen molar-refractivity contribution in [2.75, 3.05) is 13.1 Å². The maximum Gasteiger partial charge on any atom is 0.219 e. The zero-order valence-corrected chi connectivity index (χ0v) is 14.0. The van der Waals surface area contributed by atoms with E-state index in [1.807, 2.05) is 17.9 Å². The molecule has 3 heterocycles. The average molecular weight is 316 g/mol. The second kappa shape index (κ2) is 6.12. The van der Waals surface area contributed by atoms with Gasteiger partial charge >= 0.3 is 0 Å². The summed E-state index contributed by atoms with van der Waals surface area (Å²) in [4.78, 5) is 27.9. The second-order valence-corrected chi connectivity index (χ2v) is 7.08. The fraction of sp³-hybridized carbons (Fsp3) is 0.500. The molecular formula is C16H20N4OS. The predicted molar refractivity (Wildman–Crippen MR) is 86.7 cm³/mol. The van der Waals surface area contributed by atoms with Gasteiger partial charge in [0.25, 0.3) is 0 Å². The molecule has 3 rings (SSSR count). The van der Waals surface area contributed by atoms with Gasteiger partial charge in [0, 0.05) is 30.6 Å². The lowest BCUT2D eigenvalue weighted by molar-refractivity contribution is -0.127. The summed E-state index contributed by atoms with van der Waals surface area (Å²) in [6, 6.07) is 2.04. The first-order valence-electron chi connectivity index (χ1n) is 7.53. The van der Waals surface area contributed by atoms with E-state index in [1.54, 1.807) is 24.6 Å². The highest BCUT2D eigenvalue weighted by molar-refractivity contribution is 7.15. The largest absolute Gasteiger partial charge is 0.343 e. The van der Waals surface area contributed by atoms with E-state index in [2.05, 4.69) is 21.9 Å². The first-order valence-corrected chi connectivity index (χ1v) is 8.35. The number of carbonyl (C=O) groups is 1. The van der Waals surface area contributed by atoms with Gasteiger partial charge < -0.3 is 4.90 Å². The van der Waals surface area contributed by atoms with Crippen LogP contribution in [0.4, 0.5) is 0 Å². The number of rotatable bonds is 3. The van der Waals surface area contributed by atoms with E-state index in [1.165, 1.54) is 4.88 Å². The van der Waals surface area contributed by atoms with Gasteiger partial charge in [0.2, 0.25) is 5.91 Å². The Kier molecular flexibility index (Phi) is 4.20. The van der Waals surface area contributed by atoms with Crippen molar-refractivity contribution in [3.63, 3.8) is 0 Å². The smallest absolute Gasteiger partial charge is 0.219 e. The molecule has 0 saturated carbocycles. The number of likely N-dealkylation sites (tertiary alicyclic amines) is 1. The molecule has 2 aromatic rings. The van der Waals surface area contributed by atoms with Gasteiger partial charge in [-0.3, -0.25) is 4.79 Å². The first kappa shape index (κ1) is 15.1. The summed E-state index contributed by atoms with van der Waals surface area (Å²) in [5, 5.41) is 0.954. The van der Waals surface area contributed by atoms with Crippen LogP contribution in [0.1, 0.15) is 29.6 Å². The Hall–Kier alpha value is -1.82. The standard InChI is InChI=1S/C16H20N4OS/c1-10-11(2)22-16(19-10)15-7-14(17-9-18-15)6-13-4-5-20(8-13)12(3)21/h7,9,13H,4-6,8H2,1-3H3/t13-/m1/s1. The molecule has 1 amide bonds. The molecule has 0 N–H and O–H groups in total. The minimum Gasteiger partial charge on any atom is -0.343 e. The molecule has 5 nitrogen and oxygen atoms in total. The third kappa shape index (κ3) is 3.16. The number of carbonyl (C=O) groups excluding carboxylic acids is 1. The van der Waals surface area contributed by atoms with Crippen LogP contribution in [0.3, 0.4) is 0 Å². The molecule has 1 atom stereocenters. The summed E-state index contributed by atoms with van der Waals surface area (Å²) < 4.78 is 0. The monoisotopic (exact) mass is 316 g/mol. The molecule has 1 saturated heterocycles. The maximum atomic E-state index is 11.4. The molecule has 0 unspecified atom stereocenters. The van der Waals surface area contributed by atoms with Crippen LogP contribution in [0.25, 0.3) is 10.7 Å². The highest BCUT2D eigenvalue weighted by atomic mass is 32.1. The molecular weight excluding hydrogens is 296 g/mol. The Balaban J connectivity index is 1.73. The van der Waals surface area contributed by atoms with Crippen molar-refractivity contribution in [3.05, 3.63) is 28.7 Å². The molecule has 6 heteroatoms. The van der Waals surface area contributed by atoms with Crippen molar-refractivity contribution in [2.24, 2.45) is 5.92 Å². The Bertz CT molecular complexity index is 678. The second-order valence-electron chi connectivity index (χ2n) is 5.88. The Morgan fingerprint density at radius 1 is 1.41 bits per heavy atom. The van der Waals surface area contributed by atoms with Crippen LogP contribution in [0.15, 0.2) is 12.4 Å². The van der Waals surface area contributed by atoms with Crippen molar-refractivity contribution in [1.29, 1.82) is 0 Å². The van der Waals surface area contributed by atoms with Crippen LogP contribution in [0, 0.1) is 19.8 Å². The summed E-state index contributed by atoms with van der Waals surface area (Å²) in [7, 11) is 0. The molecule has 0 aromatic carbocycles. The van der Waals surface area contributed by atoms with Crippen molar-refractivity contribution in [3.8, 4) is 10.7 Å². The van der Waals surface area contributed by atoms with E-state index >= 15 is 0 Å². The van der Waals surface area contributed by atoms with Crippen LogP contribution in [0.5, 0.6) is 0 Å². The molecule has 2 aromatic heterocycles. The van der Waals surface area contributed by atoms with Crippen LogP contribution in [-0.4, -0.2) is 38.8 Å². The topological polar surface area (TPSA) is 59.0 Å². The van der Waals surface area contributed by atoms with E-state index < -0.39 is 0 Å². The predicted octanol–water partition coefficient (Wildman–Crippen LogP) is 2.63. The van der Waals surface area contributed by atoms with Gasteiger partial charge in [-0.2, -0.15) is 0 Å². The number of hydrogen-bond acceptors (Lipinski definition) is 5. The van der Waals surface area contributed by atoms with Crippen molar-refractivity contribution in [1.82, 2.24) is 19.9 Å².